The third-order valence-electron chi connectivity index (χ3n) is 4.31. The molecular formula is C23H17ClN4OS. The van der Waals surface area contributed by atoms with Crippen LogP contribution in [0.1, 0.15) is 11.1 Å². The van der Waals surface area contributed by atoms with Crippen LogP contribution in [0.3, 0.4) is 0 Å². The zero-order valence-electron chi connectivity index (χ0n) is 15.7. The fraction of sp³-hybridized carbons (Fsp3) is 0. The molecule has 3 N–H and O–H groups in total. The van der Waals surface area contributed by atoms with Gasteiger partial charge in [-0.3, -0.25) is 4.79 Å². The van der Waals surface area contributed by atoms with Gasteiger partial charge in [0.2, 0.25) is 5.91 Å². The minimum atomic E-state index is -0.266. The largest absolute Gasteiger partial charge is 0.383 e. The van der Waals surface area contributed by atoms with Gasteiger partial charge in [-0.15, -0.1) is 11.3 Å². The number of hydrogen-bond donors (Lipinski definition) is 2. The maximum atomic E-state index is 12.3. The Bertz CT molecular complexity index is 1280. The van der Waals surface area contributed by atoms with Gasteiger partial charge in [0.25, 0.3) is 0 Å². The van der Waals surface area contributed by atoms with Crippen molar-refractivity contribution in [2.24, 2.45) is 10.7 Å². The summed E-state index contributed by atoms with van der Waals surface area (Å²) in [4.78, 5) is 21.0. The number of amidine groups is 1. The van der Waals surface area contributed by atoms with E-state index in [1.165, 1.54) is 6.08 Å². The van der Waals surface area contributed by atoms with Gasteiger partial charge in [0.1, 0.15) is 5.84 Å². The van der Waals surface area contributed by atoms with Crippen molar-refractivity contribution in [2.75, 3.05) is 5.32 Å². The van der Waals surface area contributed by atoms with E-state index in [2.05, 4.69) is 15.3 Å². The molecule has 3 aromatic carbocycles. The van der Waals surface area contributed by atoms with Crippen LogP contribution < -0.4 is 11.1 Å². The lowest BCUT2D eigenvalue weighted by atomic mass is 10.1. The first kappa shape index (κ1) is 19.8. The Morgan fingerprint density at radius 2 is 1.97 bits per heavy atom. The summed E-state index contributed by atoms with van der Waals surface area (Å²) in [6, 6.07) is 20.3. The van der Waals surface area contributed by atoms with Crippen LogP contribution in [-0.4, -0.2) is 16.7 Å². The number of carbonyl (C=O) groups is 1. The van der Waals surface area contributed by atoms with E-state index < -0.39 is 0 Å². The topological polar surface area (TPSA) is 80.4 Å². The highest BCUT2D eigenvalue weighted by atomic mass is 35.5. The number of anilines is 1. The highest BCUT2D eigenvalue weighted by Gasteiger charge is 2.05. The fourth-order valence-electron chi connectivity index (χ4n) is 2.83. The second-order valence-corrected chi connectivity index (χ2v) is 7.72. The van der Waals surface area contributed by atoms with E-state index in [0.29, 0.717) is 22.1 Å². The standard InChI is InChI=1S/C23H17ClN4OS/c24-19-7-2-1-4-15(19)8-11-22(29)27-17-6-3-5-16(12-17)23(25)28-18-9-10-20-21(13-18)30-14-26-20/h1-14H,(H2,25,28)(H,27,29)/b11-8+. The maximum absolute atomic E-state index is 12.3. The van der Waals surface area contributed by atoms with Gasteiger partial charge < -0.3 is 11.1 Å². The predicted molar refractivity (Wildman–Crippen MR) is 126 cm³/mol. The molecule has 148 valence electrons. The molecule has 5 nitrogen and oxygen atoms in total. The number of nitrogens with one attached hydrogen (secondary N) is 1. The van der Waals surface area contributed by atoms with Gasteiger partial charge in [0.05, 0.1) is 21.4 Å². The molecule has 1 heterocycles. The second-order valence-electron chi connectivity index (χ2n) is 6.43. The Kier molecular flexibility index (Phi) is 5.88. The van der Waals surface area contributed by atoms with E-state index in [4.69, 9.17) is 17.3 Å². The molecular weight excluding hydrogens is 416 g/mol. The molecule has 0 bridgehead atoms. The molecule has 0 aliphatic rings. The summed E-state index contributed by atoms with van der Waals surface area (Å²) in [6.45, 7) is 0. The van der Waals surface area contributed by atoms with Gasteiger partial charge in [-0.1, -0.05) is 41.9 Å². The molecule has 0 atom stereocenters. The van der Waals surface area contributed by atoms with Crippen LogP contribution in [0.15, 0.2) is 83.3 Å². The van der Waals surface area contributed by atoms with Crippen LogP contribution in [0.25, 0.3) is 16.3 Å². The number of nitrogens with zero attached hydrogens (tertiary/aromatic N) is 2. The van der Waals surface area contributed by atoms with E-state index in [1.807, 2.05) is 48.5 Å². The number of rotatable bonds is 5. The molecule has 0 saturated heterocycles. The molecule has 0 fully saturated rings. The molecule has 1 aromatic heterocycles. The molecule has 0 radical (unpaired) electrons. The minimum Gasteiger partial charge on any atom is -0.383 e. The van der Waals surface area contributed by atoms with E-state index in [9.17, 15) is 4.79 Å². The number of benzene rings is 3. The number of carbonyl (C=O) groups excluding carboxylic acids is 1. The maximum Gasteiger partial charge on any atom is 0.248 e. The SMILES string of the molecule is NC(=Nc1ccc2ncsc2c1)c1cccc(NC(=O)/C=C/c2ccccc2Cl)c1. The van der Waals surface area contributed by atoms with E-state index >= 15 is 0 Å². The average Bonchev–Trinajstić information content (AvgIpc) is 3.21. The van der Waals surface area contributed by atoms with Crippen molar-refractivity contribution in [2.45, 2.75) is 0 Å². The summed E-state index contributed by atoms with van der Waals surface area (Å²) in [6.07, 6.45) is 3.11. The van der Waals surface area contributed by atoms with Crippen molar-refractivity contribution < 1.29 is 4.79 Å². The van der Waals surface area contributed by atoms with Crippen LogP contribution >= 0.6 is 22.9 Å². The first-order valence-corrected chi connectivity index (χ1v) is 10.4. The summed E-state index contributed by atoms with van der Waals surface area (Å²) < 4.78 is 1.05. The van der Waals surface area contributed by atoms with Crippen LogP contribution in [-0.2, 0) is 4.79 Å². The van der Waals surface area contributed by atoms with Gasteiger partial charge >= 0.3 is 0 Å². The summed E-state index contributed by atoms with van der Waals surface area (Å²) >= 11 is 7.66. The van der Waals surface area contributed by atoms with Gasteiger partial charge in [-0.2, -0.15) is 0 Å². The highest BCUT2D eigenvalue weighted by molar-refractivity contribution is 7.16. The highest BCUT2D eigenvalue weighted by Crippen LogP contribution is 2.24. The molecule has 0 aliphatic heterocycles. The first-order chi connectivity index (χ1) is 14.6. The Morgan fingerprint density at radius 3 is 2.83 bits per heavy atom. The number of fused-ring (bicyclic) bond motifs is 1. The number of thiazole rings is 1. The quantitative estimate of drug-likeness (QED) is 0.243. The molecule has 4 aromatic rings. The molecule has 30 heavy (non-hydrogen) atoms. The molecule has 1 amide bonds. The van der Waals surface area contributed by atoms with Gasteiger partial charge in [-0.05, 0) is 48.0 Å². The Labute approximate surface area is 182 Å². The van der Waals surface area contributed by atoms with Crippen LogP contribution in [0.2, 0.25) is 5.02 Å². The Morgan fingerprint density at radius 1 is 1.10 bits per heavy atom. The van der Waals surface area contributed by atoms with Crippen LogP contribution in [0.5, 0.6) is 0 Å². The lowest BCUT2D eigenvalue weighted by molar-refractivity contribution is -0.111. The summed E-state index contributed by atoms with van der Waals surface area (Å²) in [5.41, 5.74) is 11.8. The zero-order chi connectivity index (χ0) is 20.9. The monoisotopic (exact) mass is 432 g/mol. The minimum absolute atomic E-state index is 0.266. The van der Waals surface area contributed by atoms with Gasteiger partial charge in [0.15, 0.2) is 0 Å². The number of amides is 1. The zero-order valence-corrected chi connectivity index (χ0v) is 17.3. The van der Waals surface area contributed by atoms with Crippen molar-refractivity contribution in [3.63, 3.8) is 0 Å². The molecule has 0 spiro atoms. The molecule has 7 heteroatoms. The molecule has 4 rings (SSSR count). The number of aromatic nitrogens is 1. The third-order valence-corrected chi connectivity index (χ3v) is 5.45. The normalized spacial score (nSPS) is 11.8. The lowest BCUT2D eigenvalue weighted by Gasteiger charge is -2.06. The van der Waals surface area contributed by atoms with E-state index in [0.717, 1.165) is 21.5 Å². The predicted octanol–water partition coefficient (Wildman–Crippen LogP) is 5.64. The van der Waals surface area contributed by atoms with E-state index in [-0.39, 0.29) is 5.91 Å². The fourth-order valence-corrected chi connectivity index (χ4v) is 3.74. The Balaban J connectivity index is 1.49. The first-order valence-electron chi connectivity index (χ1n) is 9.10. The number of halogens is 1. The van der Waals surface area contributed by atoms with Crippen molar-refractivity contribution in [1.82, 2.24) is 4.98 Å². The average molecular weight is 433 g/mol. The third kappa shape index (κ3) is 4.74. The second kappa shape index (κ2) is 8.90. The molecule has 0 aliphatic carbocycles. The van der Waals surface area contributed by atoms with Crippen molar-refractivity contribution in [3.05, 3.63) is 94.5 Å². The summed E-state index contributed by atoms with van der Waals surface area (Å²) in [5, 5.41) is 3.41. The smallest absolute Gasteiger partial charge is 0.248 e. The van der Waals surface area contributed by atoms with Crippen molar-refractivity contribution in [1.29, 1.82) is 0 Å². The van der Waals surface area contributed by atoms with E-state index in [1.54, 1.807) is 41.1 Å². The number of hydrogen-bond acceptors (Lipinski definition) is 4. The van der Waals surface area contributed by atoms with Crippen LogP contribution in [0, 0.1) is 0 Å². The summed E-state index contributed by atoms with van der Waals surface area (Å²) in [5.74, 6) is 0.0970. The van der Waals surface area contributed by atoms with Crippen LogP contribution in [0.4, 0.5) is 11.4 Å². The Hall–Kier alpha value is -3.48. The van der Waals surface area contributed by atoms with Crippen molar-refractivity contribution in [3.8, 4) is 0 Å². The van der Waals surface area contributed by atoms with Gasteiger partial charge in [0, 0.05) is 22.3 Å². The van der Waals surface area contributed by atoms with Gasteiger partial charge in [-0.25, -0.2) is 9.98 Å². The van der Waals surface area contributed by atoms with Crippen molar-refractivity contribution >= 4 is 62.3 Å². The number of aliphatic imine (C=N–C) groups is 1. The lowest BCUT2D eigenvalue weighted by Crippen LogP contribution is -2.14. The molecule has 0 saturated carbocycles. The number of nitrogens with two attached hydrogens (primary N) is 1. The molecule has 0 unspecified atom stereocenters. The summed E-state index contributed by atoms with van der Waals surface area (Å²) in [7, 11) is 0.